The first-order valence-electron chi connectivity index (χ1n) is 5.74. The van der Waals surface area contributed by atoms with Gasteiger partial charge in [-0.2, -0.15) is 0 Å². The van der Waals surface area contributed by atoms with Crippen molar-refractivity contribution in [1.29, 1.82) is 0 Å². The zero-order valence-electron chi connectivity index (χ0n) is 10.1. The van der Waals surface area contributed by atoms with Gasteiger partial charge in [0.2, 0.25) is 0 Å². The van der Waals surface area contributed by atoms with Crippen LogP contribution >= 0.6 is 15.9 Å². The van der Waals surface area contributed by atoms with Crippen molar-refractivity contribution in [2.24, 2.45) is 0 Å². The Morgan fingerprint density at radius 3 is 3.00 bits per heavy atom. The molecule has 2 rings (SSSR count). The second kappa shape index (κ2) is 5.19. The lowest BCUT2D eigenvalue weighted by molar-refractivity contribution is 0.00355. The Kier molecular flexibility index (Phi) is 3.84. The number of nitrogens with zero attached hydrogens (tertiary/aromatic N) is 1. The van der Waals surface area contributed by atoms with Crippen molar-refractivity contribution in [2.75, 3.05) is 19.8 Å². The molecular weight excluding hydrogens is 282 g/mol. The Bertz CT molecular complexity index is 433. The quantitative estimate of drug-likeness (QED) is 0.797. The number of halogens is 1. The minimum atomic E-state index is 0.0969. The number of carbonyl (C=O) groups is 1. The molecule has 1 aromatic carbocycles. The summed E-state index contributed by atoms with van der Waals surface area (Å²) < 4.78 is 6.29. The van der Waals surface area contributed by atoms with Crippen LogP contribution in [0.25, 0.3) is 0 Å². The van der Waals surface area contributed by atoms with Crippen LogP contribution in [0, 0.1) is 6.92 Å². The molecular formula is C13H16BrNO2. The van der Waals surface area contributed by atoms with E-state index < -0.39 is 0 Å². The first-order chi connectivity index (χ1) is 8.09. The maximum atomic E-state index is 12.4. The first kappa shape index (κ1) is 12.6. The van der Waals surface area contributed by atoms with Gasteiger partial charge in [-0.15, -0.1) is 0 Å². The molecule has 0 saturated carbocycles. The fourth-order valence-corrected chi connectivity index (χ4v) is 2.37. The Hall–Kier alpha value is -0.870. The summed E-state index contributed by atoms with van der Waals surface area (Å²) in [5, 5.41) is 0. The second-order valence-electron chi connectivity index (χ2n) is 4.38. The van der Waals surface area contributed by atoms with Crippen molar-refractivity contribution in [3.05, 3.63) is 33.8 Å². The van der Waals surface area contributed by atoms with E-state index in [-0.39, 0.29) is 11.9 Å². The number of benzene rings is 1. The number of rotatable bonds is 1. The molecule has 0 radical (unpaired) electrons. The number of carbonyl (C=O) groups excluding carboxylic acids is 1. The molecule has 92 valence electrons. The summed E-state index contributed by atoms with van der Waals surface area (Å²) >= 11 is 3.41. The summed E-state index contributed by atoms with van der Waals surface area (Å²) in [6, 6.07) is 5.95. The molecule has 0 bridgehead atoms. The highest BCUT2D eigenvalue weighted by atomic mass is 79.9. The Morgan fingerprint density at radius 1 is 1.53 bits per heavy atom. The average Bonchev–Trinajstić information content (AvgIpc) is 2.32. The van der Waals surface area contributed by atoms with Crippen molar-refractivity contribution < 1.29 is 9.53 Å². The number of morpholine rings is 1. The summed E-state index contributed by atoms with van der Waals surface area (Å²) in [5.41, 5.74) is 1.78. The van der Waals surface area contributed by atoms with Crippen LogP contribution in [0.4, 0.5) is 0 Å². The summed E-state index contributed by atoms with van der Waals surface area (Å²) in [6.07, 6.45) is 0. The minimum absolute atomic E-state index is 0.0969. The van der Waals surface area contributed by atoms with Gasteiger partial charge in [0, 0.05) is 16.6 Å². The summed E-state index contributed by atoms with van der Waals surface area (Å²) in [5.74, 6) is 0.0969. The molecule has 0 spiro atoms. The van der Waals surface area contributed by atoms with E-state index in [1.807, 2.05) is 36.9 Å². The number of hydrogen-bond acceptors (Lipinski definition) is 2. The van der Waals surface area contributed by atoms with Crippen LogP contribution < -0.4 is 0 Å². The van der Waals surface area contributed by atoms with Gasteiger partial charge >= 0.3 is 0 Å². The van der Waals surface area contributed by atoms with E-state index in [0.717, 1.165) is 15.6 Å². The smallest absolute Gasteiger partial charge is 0.254 e. The van der Waals surface area contributed by atoms with Crippen LogP contribution in [-0.2, 0) is 4.74 Å². The van der Waals surface area contributed by atoms with Crippen LogP contribution in [0.2, 0.25) is 0 Å². The third-order valence-corrected chi connectivity index (χ3v) is 3.55. The average molecular weight is 298 g/mol. The highest BCUT2D eigenvalue weighted by Gasteiger charge is 2.25. The number of aryl methyl sites for hydroxylation is 1. The van der Waals surface area contributed by atoms with Gasteiger partial charge in [-0.1, -0.05) is 22.0 Å². The van der Waals surface area contributed by atoms with Crippen LogP contribution in [0.1, 0.15) is 22.8 Å². The number of ether oxygens (including phenoxy) is 1. The van der Waals surface area contributed by atoms with E-state index in [9.17, 15) is 4.79 Å². The molecule has 1 saturated heterocycles. The highest BCUT2D eigenvalue weighted by Crippen LogP contribution is 2.19. The lowest BCUT2D eigenvalue weighted by atomic mass is 10.1. The van der Waals surface area contributed by atoms with Gasteiger partial charge in [-0.05, 0) is 31.5 Å². The SMILES string of the molecule is Cc1ccc(Br)cc1C(=O)N1CCOC[C@H]1C. The van der Waals surface area contributed by atoms with Crippen molar-refractivity contribution >= 4 is 21.8 Å². The molecule has 1 aliphatic heterocycles. The molecule has 1 atom stereocenters. The van der Waals surface area contributed by atoms with E-state index in [4.69, 9.17) is 4.74 Å². The van der Waals surface area contributed by atoms with Gasteiger partial charge in [-0.25, -0.2) is 0 Å². The van der Waals surface area contributed by atoms with E-state index in [2.05, 4.69) is 15.9 Å². The highest BCUT2D eigenvalue weighted by molar-refractivity contribution is 9.10. The largest absolute Gasteiger partial charge is 0.377 e. The Labute approximate surface area is 110 Å². The normalized spacial score (nSPS) is 20.4. The molecule has 3 nitrogen and oxygen atoms in total. The summed E-state index contributed by atoms with van der Waals surface area (Å²) in [7, 11) is 0. The fraction of sp³-hybridized carbons (Fsp3) is 0.462. The van der Waals surface area contributed by atoms with Crippen molar-refractivity contribution in [2.45, 2.75) is 19.9 Å². The zero-order valence-corrected chi connectivity index (χ0v) is 11.7. The van der Waals surface area contributed by atoms with Crippen LogP contribution in [0.5, 0.6) is 0 Å². The van der Waals surface area contributed by atoms with Gasteiger partial charge in [-0.3, -0.25) is 4.79 Å². The molecule has 0 unspecified atom stereocenters. The van der Waals surface area contributed by atoms with E-state index in [0.29, 0.717) is 19.8 Å². The van der Waals surface area contributed by atoms with E-state index in [1.165, 1.54) is 0 Å². The summed E-state index contributed by atoms with van der Waals surface area (Å²) in [4.78, 5) is 14.3. The van der Waals surface area contributed by atoms with Gasteiger partial charge in [0.05, 0.1) is 19.3 Å². The second-order valence-corrected chi connectivity index (χ2v) is 5.30. The summed E-state index contributed by atoms with van der Waals surface area (Å²) in [6.45, 7) is 5.91. The van der Waals surface area contributed by atoms with Crippen molar-refractivity contribution in [3.63, 3.8) is 0 Å². The molecule has 1 amide bonds. The molecule has 1 aromatic rings. The van der Waals surface area contributed by atoms with Crippen LogP contribution in [0.15, 0.2) is 22.7 Å². The van der Waals surface area contributed by atoms with Crippen LogP contribution in [0.3, 0.4) is 0 Å². The Balaban J connectivity index is 2.26. The predicted octanol–water partition coefficient (Wildman–Crippen LogP) is 2.62. The van der Waals surface area contributed by atoms with E-state index >= 15 is 0 Å². The Morgan fingerprint density at radius 2 is 2.29 bits per heavy atom. The maximum Gasteiger partial charge on any atom is 0.254 e. The van der Waals surface area contributed by atoms with Crippen molar-refractivity contribution in [1.82, 2.24) is 4.90 Å². The van der Waals surface area contributed by atoms with Gasteiger partial charge in [0.15, 0.2) is 0 Å². The van der Waals surface area contributed by atoms with E-state index in [1.54, 1.807) is 0 Å². The third-order valence-electron chi connectivity index (χ3n) is 3.06. The standard InChI is InChI=1S/C13H16BrNO2/c1-9-3-4-11(14)7-12(9)13(16)15-5-6-17-8-10(15)2/h3-4,7,10H,5-6,8H2,1-2H3/t10-/m1/s1. The third kappa shape index (κ3) is 2.69. The number of hydrogen-bond donors (Lipinski definition) is 0. The zero-order chi connectivity index (χ0) is 12.4. The molecule has 1 heterocycles. The fourth-order valence-electron chi connectivity index (χ4n) is 2.01. The molecule has 1 aliphatic rings. The monoisotopic (exact) mass is 297 g/mol. The molecule has 4 heteroatoms. The lowest BCUT2D eigenvalue weighted by Crippen LogP contribution is -2.47. The topological polar surface area (TPSA) is 29.5 Å². The van der Waals surface area contributed by atoms with Crippen LogP contribution in [-0.4, -0.2) is 36.6 Å². The molecule has 0 aliphatic carbocycles. The maximum absolute atomic E-state index is 12.4. The van der Waals surface area contributed by atoms with Gasteiger partial charge in [0.1, 0.15) is 0 Å². The van der Waals surface area contributed by atoms with Gasteiger partial charge in [0.25, 0.3) is 5.91 Å². The van der Waals surface area contributed by atoms with Crippen molar-refractivity contribution in [3.8, 4) is 0 Å². The van der Waals surface area contributed by atoms with Gasteiger partial charge < -0.3 is 9.64 Å². The lowest BCUT2D eigenvalue weighted by Gasteiger charge is -2.33. The number of amides is 1. The predicted molar refractivity (Wildman–Crippen MR) is 70.2 cm³/mol. The molecule has 1 fully saturated rings. The first-order valence-corrected chi connectivity index (χ1v) is 6.54. The molecule has 0 N–H and O–H groups in total. The molecule has 0 aromatic heterocycles. The minimum Gasteiger partial charge on any atom is -0.377 e. The molecule has 17 heavy (non-hydrogen) atoms.